The molecule has 2 aromatic carbocycles. The zero-order valence-corrected chi connectivity index (χ0v) is 17.2. The lowest BCUT2D eigenvalue weighted by Crippen LogP contribution is -2.22. The molecule has 5 rings (SSSR count). The van der Waals surface area contributed by atoms with E-state index in [0.29, 0.717) is 28.7 Å². The number of rotatable bonds is 5. The first-order valence-corrected chi connectivity index (χ1v) is 9.94. The number of ether oxygens (including phenoxy) is 2. The third-order valence-electron chi connectivity index (χ3n) is 5.89. The molecule has 1 spiro atoms. The number of nitrogens with zero attached hydrogens (tertiary/aromatic N) is 1. The monoisotopic (exact) mass is 401 g/mol. The summed E-state index contributed by atoms with van der Waals surface area (Å²) in [4.78, 5) is 17.7. The second kappa shape index (κ2) is 6.76. The molecule has 3 aliphatic rings. The maximum Gasteiger partial charge on any atom is 0.255 e. The van der Waals surface area contributed by atoms with Crippen molar-refractivity contribution < 1.29 is 14.3 Å². The minimum atomic E-state index is -0.216. The van der Waals surface area contributed by atoms with Gasteiger partial charge in [0, 0.05) is 28.4 Å². The average Bonchev–Trinajstić information content (AvgIpc) is 3.33. The van der Waals surface area contributed by atoms with Gasteiger partial charge in [-0.2, -0.15) is 0 Å². The molecule has 2 unspecified atom stereocenters. The number of amidine groups is 1. The molecule has 0 bridgehead atoms. The van der Waals surface area contributed by atoms with Crippen LogP contribution in [0.3, 0.4) is 0 Å². The predicted molar refractivity (Wildman–Crippen MR) is 116 cm³/mol. The van der Waals surface area contributed by atoms with Gasteiger partial charge >= 0.3 is 0 Å². The first-order valence-electron chi connectivity index (χ1n) is 9.94. The number of hydrogen-bond acceptors (Lipinski definition) is 5. The number of allylic oxidation sites excluding steroid dienone is 2. The summed E-state index contributed by atoms with van der Waals surface area (Å²) < 4.78 is 10.5. The molecule has 0 radical (unpaired) electrons. The Balaban J connectivity index is 1.36. The van der Waals surface area contributed by atoms with E-state index in [1.54, 1.807) is 32.4 Å². The highest BCUT2D eigenvalue weighted by Crippen LogP contribution is 2.57. The molecule has 1 saturated carbocycles. The van der Waals surface area contributed by atoms with Crippen molar-refractivity contribution in [2.24, 2.45) is 10.9 Å². The van der Waals surface area contributed by atoms with Gasteiger partial charge in [0.2, 0.25) is 0 Å². The predicted octanol–water partition coefficient (Wildman–Crippen LogP) is 3.91. The first kappa shape index (κ1) is 18.5. The lowest BCUT2D eigenvalue weighted by Gasteiger charge is -2.13. The van der Waals surface area contributed by atoms with Crippen molar-refractivity contribution >= 4 is 17.4 Å². The van der Waals surface area contributed by atoms with Crippen LogP contribution in [0.25, 0.3) is 0 Å². The topological polar surface area (TPSA) is 72.0 Å². The zero-order valence-electron chi connectivity index (χ0n) is 17.2. The number of amides is 1. The number of methoxy groups -OCH3 is 2. The standard InChI is InChI=1S/C24H23N3O3/c1-14-9-17-13-24(17)21(10-14)26-22(27-24)15-5-4-6-18(11-15)25-23(28)16-7-8-19(29-2)20(12-16)30-3/h4-12,17H,13H2,1-3H3,(H,25,28)(H,26,27). The summed E-state index contributed by atoms with van der Waals surface area (Å²) in [5.74, 6) is 2.23. The molecule has 152 valence electrons. The summed E-state index contributed by atoms with van der Waals surface area (Å²) in [6, 6.07) is 12.8. The molecule has 6 nitrogen and oxygen atoms in total. The Labute approximate surface area is 175 Å². The molecule has 2 aromatic rings. The summed E-state index contributed by atoms with van der Waals surface area (Å²) in [5, 5.41) is 6.45. The Kier molecular flexibility index (Phi) is 4.17. The lowest BCUT2D eigenvalue weighted by molar-refractivity contribution is 0.102. The van der Waals surface area contributed by atoms with Gasteiger partial charge in [0.05, 0.1) is 14.2 Å². The van der Waals surface area contributed by atoms with Gasteiger partial charge in [-0.3, -0.25) is 9.79 Å². The molecule has 0 saturated heterocycles. The van der Waals surface area contributed by atoms with E-state index in [4.69, 9.17) is 14.5 Å². The molecular formula is C24H23N3O3. The number of anilines is 1. The van der Waals surface area contributed by atoms with E-state index < -0.39 is 0 Å². The van der Waals surface area contributed by atoms with E-state index in [2.05, 4.69) is 29.7 Å². The van der Waals surface area contributed by atoms with Crippen molar-refractivity contribution in [3.63, 3.8) is 0 Å². The second-order valence-electron chi connectivity index (χ2n) is 7.89. The SMILES string of the molecule is COc1ccc(C(=O)Nc2cccc(C3=NC45CC4C=C(C)C=C5N3)c2)cc1OC. The fraction of sp³-hybridized carbons (Fsp3) is 0.250. The Morgan fingerprint density at radius 1 is 1.17 bits per heavy atom. The highest BCUT2D eigenvalue weighted by molar-refractivity contribution is 6.07. The van der Waals surface area contributed by atoms with Crippen LogP contribution < -0.4 is 20.1 Å². The van der Waals surface area contributed by atoms with Crippen molar-refractivity contribution in [2.45, 2.75) is 18.9 Å². The van der Waals surface area contributed by atoms with Crippen molar-refractivity contribution in [1.82, 2.24) is 5.32 Å². The maximum absolute atomic E-state index is 12.7. The normalized spacial score (nSPS) is 23.2. The van der Waals surface area contributed by atoms with Crippen LogP contribution in [0.15, 0.2) is 70.9 Å². The van der Waals surface area contributed by atoms with Gasteiger partial charge in [-0.25, -0.2) is 0 Å². The van der Waals surface area contributed by atoms with Crippen LogP contribution in [0.4, 0.5) is 5.69 Å². The van der Waals surface area contributed by atoms with Crippen LogP contribution >= 0.6 is 0 Å². The Hall–Kier alpha value is -3.54. The fourth-order valence-corrected chi connectivity index (χ4v) is 4.25. The first-order chi connectivity index (χ1) is 14.5. The van der Waals surface area contributed by atoms with E-state index >= 15 is 0 Å². The molecular weight excluding hydrogens is 378 g/mol. The number of carbonyl (C=O) groups excluding carboxylic acids is 1. The summed E-state index contributed by atoms with van der Waals surface area (Å²) in [6.07, 6.45) is 5.54. The van der Waals surface area contributed by atoms with Gasteiger partial charge in [-0.1, -0.05) is 23.8 Å². The molecule has 6 heteroatoms. The minimum Gasteiger partial charge on any atom is -0.493 e. The van der Waals surface area contributed by atoms with E-state index in [0.717, 1.165) is 17.8 Å². The zero-order chi connectivity index (χ0) is 20.9. The minimum absolute atomic E-state index is 0.0895. The summed E-state index contributed by atoms with van der Waals surface area (Å²) >= 11 is 0. The van der Waals surface area contributed by atoms with Crippen molar-refractivity contribution in [3.8, 4) is 11.5 Å². The van der Waals surface area contributed by atoms with Crippen molar-refractivity contribution in [2.75, 3.05) is 19.5 Å². The number of carbonyl (C=O) groups is 1. The quantitative estimate of drug-likeness (QED) is 0.797. The second-order valence-corrected chi connectivity index (χ2v) is 7.89. The van der Waals surface area contributed by atoms with Crippen LogP contribution in [0.5, 0.6) is 11.5 Å². The maximum atomic E-state index is 12.7. The average molecular weight is 401 g/mol. The molecule has 1 aliphatic heterocycles. The molecule has 2 N–H and O–H groups in total. The third kappa shape index (κ3) is 2.96. The molecule has 2 aliphatic carbocycles. The lowest BCUT2D eigenvalue weighted by atomic mass is 10.0. The van der Waals surface area contributed by atoms with Gasteiger partial charge in [-0.15, -0.1) is 0 Å². The number of nitrogens with one attached hydrogen (secondary N) is 2. The van der Waals surface area contributed by atoms with E-state index in [1.165, 1.54) is 11.3 Å². The van der Waals surface area contributed by atoms with Gasteiger partial charge in [-0.05, 0) is 49.8 Å². The fourth-order valence-electron chi connectivity index (χ4n) is 4.25. The molecule has 0 aromatic heterocycles. The van der Waals surface area contributed by atoms with Gasteiger partial charge in [0.15, 0.2) is 11.5 Å². The van der Waals surface area contributed by atoms with Crippen molar-refractivity contribution in [1.29, 1.82) is 0 Å². The van der Waals surface area contributed by atoms with E-state index in [1.807, 2.05) is 24.3 Å². The van der Waals surface area contributed by atoms with Crippen molar-refractivity contribution in [3.05, 3.63) is 77.0 Å². The Morgan fingerprint density at radius 3 is 2.80 bits per heavy atom. The van der Waals surface area contributed by atoms with Gasteiger partial charge < -0.3 is 20.1 Å². The molecule has 1 fully saturated rings. The summed E-state index contributed by atoms with van der Waals surface area (Å²) in [7, 11) is 3.11. The largest absolute Gasteiger partial charge is 0.493 e. The molecule has 30 heavy (non-hydrogen) atoms. The van der Waals surface area contributed by atoms with Crippen LogP contribution in [0, 0.1) is 5.92 Å². The Bertz CT molecular complexity index is 1150. The van der Waals surface area contributed by atoms with Gasteiger partial charge in [0.1, 0.15) is 11.4 Å². The smallest absolute Gasteiger partial charge is 0.255 e. The van der Waals surface area contributed by atoms with E-state index in [9.17, 15) is 4.79 Å². The third-order valence-corrected chi connectivity index (χ3v) is 5.89. The number of benzene rings is 2. The van der Waals surface area contributed by atoms with Crippen LogP contribution in [-0.2, 0) is 0 Å². The number of hydrogen-bond donors (Lipinski definition) is 2. The van der Waals surface area contributed by atoms with Crippen LogP contribution in [0.1, 0.15) is 29.3 Å². The summed E-state index contributed by atoms with van der Waals surface area (Å²) in [6.45, 7) is 2.12. The highest BCUT2D eigenvalue weighted by Gasteiger charge is 2.60. The summed E-state index contributed by atoms with van der Waals surface area (Å²) in [5.41, 5.74) is 4.53. The Morgan fingerprint density at radius 2 is 2.00 bits per heavy atom. The number of aliphatic imine (C=N–C) groups is 1. The molecule has 1 heterocycles. The highest BCUT2D eigenvalue weighted by atomic mass is 16.5. The van der Waals surface area contributed by atoms with Gasteiger partial charge in [0.25, 0.3) is 5.91 Å². The van der Waals surface area contributed by atoms with E-state index in [-0.39, 0.29) is 11.4 Å². The van der Waals surface area contributed by atoms with Crippen LogP contribution in [0.2, 0.25) is 0 Å². The van der Waals surface area contributed by atoms with Crippen LogP contribution in [-0.4, -0.2) is 31.5 Å². The molecule has 1 amide bonds. The molecule has 2 atom stereocenters.